The van der Waals surface area contributed by atoms with Crippen LogP contribution in [0, 0.1) is 0 Å². The summed E-state index contributed by atoms with van der Waals surface area (Å²) in [4.78, 5) is 0. The molecule has 0 amide bonds. The van der Waals surface area contributed by atoms with Crippen molar-refractivity contribution in [3.8, 4) is 0 Å². The van der Waals surface area contributed by atoms with Crippen LogP contribution in [0.1, 0.15) is 0 Å². The lowest BCUT2D eigenvalue weighted by Gasteiger charge is -1.88. The average Bonchev–Trinajstić information content (AvgIpc) is 1.86. The van der Waals surface area contributed by atoms with Crippen molar-refractivity contribution in [3.05, 3.63) is 0 Å². The molecule has 0 aliphatic heterocycles. The number of rotatable bonds is 3. The molecule has 0 rings (SSSR count). The molecule has 11 heteroatoms. The normalized spacial score (nSPS) is 18.5. The van der Waals surface area contributed by atoms with Gasteiger partial charge < -0.3 is 0 Å². The molecule has 0 saturated heterocycles. The van der Waals surface area contributed by atoms with E-state index in [0.717, 1.165) is 0 Å². The Morgan fingerprint density at radius 1 is 1.55 bits per heavy atom. The highest BCUT2D eigenvalue weighted by Crippen LogP contribution is 2.86. The molecule has 0 bridgehead atoms. The molecule has 2 nitrogen and oxygen atoms in total. The fourth-order valence-electron chi connectivity index (χ4n) is 0.129. The van der Waals surface area contributed by atoms with Crippen molar-refractivity contribution in [1.82, 2.24) is 0 Å². The SMILES string of the molecule is O=P(Cl)(SCl)[P+](Cl)=NP(Cl)Cl. The van der Waals surface area contributed by atoms with E-state index in [0.29, 0.717) is 10.6 Å². The van der Waals surface area contributed by atoms with Gasteiger partial charge in [-0.05, 0) is 37.7 Å². The molecule has 0 heterocycles. The summed E-state index contributed by atoms with van der Waals surface area (Å²) in [5, 5.41) is -3.15. The summed E-state index contributed by atoms with van der Waals surface area (Å²) in [5.74, 6) is 0. The van der Waals surface area contributed by atoms with Crippen LogP contribution in [0.2, 0.25) is 0 Å². The van der Waals surface area contributed by atoms with Gasteiger partial charge in [0.1, 0.15) is 0 Å². The van der Waals surface area contributed by atoms with Crippen molar-refractivity contribution < 1.29 is 4.57 Å². The summed E-state index contributed by atoms with van der Waals surface area (Å²) >= 11 is 21.5. The van der Waals surface area contributed by atoms with Crippen LogP contribution < -0.4 is 0 Å². The minimum Gasteiger partial charge on any atom is -0.237 e. The maximum atomic E-state index is 11.1. The molecule has 0 spiro atoms. The van der Waals surface area contributed by atoms with Gasteiger partial charge in [-0.25, -0.2) is 4.57 Å². The van der Waals surface area contributed by atoms with Crippen molar-refractivity contribution in [2.24, 2.45) is 4.52 Å². The van der Waals surface area contributed by atoms with Gasteiger partial charge in [-0.2, -0.15) is 0 Å². The van der Waals surface area contributed by atoms with Gasteiger partial charge in [0.2, 0.25) is 0 Å². The van der Waals surface area contributed by atoms with Crippen molar-refractivity contribution in [3.63, 3.8) is 0 Å². The van der Waals surface area contributed by atoms with Crippen molar-refractivity contribution in [2.75, 3.05) is 0 Å². The molecule has 0 radical (unpaired) electrons. The zero-order chi connectivity index (χ0) is 9.07. The minimum atomic E-state index is -3.15. The van der Waals surface area contributed by atoms with E-state index in [-0.39, 0.29) is 0 Å². The topological polar surface area (TPSA) is 29.4 Å². The first-order valence-electron chi connectivity index (χ1n) is 1.80. The summed E-state index contributed by atoms with van der Waals surface area (Å²) in [6, 6.07) is 0. The monoisotopic (exact) mass is 330 g/mol. The van der Waals surface area contributed by atoms with Crippen molar-refractivity contribution in [1.29, 1.82) is 0 Å². The summed E-state index contributed by atoms with van der Waals surface area (Å²) in [6.07, 6.45) is 0. The Labute approximate surface area is 93.6 Å². The Bertz CT molecular complexity index is 204. The molecule has 0 aliphatic carbocycles. The van der Waals surface area contributed by atoms with E-state index in [4.69, 9.17) is 55.6 Å². The first-order chi connectivity index (χ1) is 4.90. The zero-order valence-electron chi connectivity index (χ0n) is 4.50. The predicted octanol–water partition coefficient (Wildman–Crippen LogP) is 6.74. The third-order valence-electron chi connectivity index (χ3n) is 0.424. The van der Waals surface area contributed by atoms with Gasteiger partial charge in [0.05, 0.1) is 10.6 Å². The van der Waals surface area contributed by atoms with Crippen LogP contribution in [0.3, 0.4) is 0 Å². The second-order valence-corrected chi connectivity index (χ2v) is 17.4. The second kappa shape index (κ2) is 6.12. The molecular formula is Cl5NOP3S+. The summed E-state index contributed by atoms with van der Waals surface area (Å²) in [5.41, 5.74) is 0. The molecule has 0 fully saturated rings. The highest BCUT2D eigenvalue weighted by atomic mass is 35.9. The largest absolute Gasteiger partial charge is 0.455 e. The summed E-state index contributed by atoms with van der Waals surface area (Å²) in [7, 11) is 5.65. The Morgan fingerprint density at radius 2 is 2.00 bits per heavy atom. The van der Waals surface area contributed by atoms with E-state index in [2.05, 4.69) is 4.52 Å². The first kappa shape index (κ1) is 13.6. The Balaban J connectivity index is 4.47. The standard InChI is InChI=1S/Cl5NOP3S/c1-8(2)6-9(3)10(4,7)11-5/q+1. The van der Waals surface area contributed by atoms with E-state index in [1.54, 1.807) is 0 Å². The fraction of sp³-hybridized carbons (Fsp3) is 0. The van der Waals surface area contributed by atoms with Crippen LogP contribution in [-0.2, 0) is 4.57 Å². The number of hydrogen-bond donors (Lipinski definition) is 0. The summed E-state index contributed by atoms with van der Waals surface area (Å²) in [6.45, 7) is -3.32. The number of nitrogens with zero attached hydrogens (tertiary/aromatic N) is 1. The van der Waals surface area contributed by atoms with Crippen LogP contribution in [0.15, 0.2) is 4.52 Å². The lowest BCUT2D eigenvalue weighted by molar-refractivity contribution is 0.601. The van der Waals surface area contributed by atoms with E-state index in [9.17, 15) is 4.57 Å². The van der Waals surface area contributed by atoms with Crippen LogP contribution in [0.4, 0.5) is 0 Å². The predicted molar refractivity (Wildman–Crippen MR) is 60.7 cm³/mol. The van der Waals surface area contributed by atoms with Gasteiger partial charge in [-0.3, -0.25) is 0 Å². The maximum absolute atomic E-state index is 11.1. The molecular weight excluding hydrogens is 332 g/mol. The van der Waals surface area contributed by atoms with Gasteiger partial charge in [-0.1, -0.05) is 0 Å². The van der Waals surface area contributed by atoms with Crippen LogP contribution in [0.25, 0.3) is 0 Å². The molecule has 2 atom stereocenters. The Hall–Kier alpha value is 2.56. The molecule has 0 saturated carbocycles. The van der Waals surface area contributed by atoms with Crippen LogP contribution >= 0.6 is 85.2 Å². The zero-order valence-corrected chi connectivity index (χ0v) is 11.8. The van der Waals surface area contributed by atoms with E-state index < -0.39 is 18.9 Å². The fourth-order valence-corrected chi connectivity index (χ4v) is 11.5. The molecule has 11 heavy (non-hydrogen) atoms. The summed E-state index contributed by atoms with van der Waals surface area (Å²) < 4.78 is 14.7. The highest BCUT2D eigenvalue weighted by Gasteiger charge is 2.40. The van der Waals surface area contributed by atoms with Crippen LogP contribution in [-0.4, -0.2) is 0 Å². The van der Waals surface area contributed by atoms with Crippen LogP contribution in [0.5, 0.6) is 0 Å². The number of halogens is 5. The highest BCUT2D eigenvalue weighted by molar-refractivity contribution is 8.93. The van der Waals surface area contributed by atoms with Crippen molar-refractivity contribution >= 4 is 85.2 Å². The van der Waals surface area contributed by atoms with Gasteiger partial charge in [0, 0.05) is 11.2 Å². The third-order valence-corrected chi connectivity index (χ3v) is 17.1. The van der Waals surface area contributed by atoms with Gasteiger partial charge >= 0.3 is 12.1 Å². The van der Waals surface area contributed by atoms with Gasteiger partial charge in [-0.15, -0.1) is 0 Å². The van der Waals surface area contributed by atoms with E-state index >= 15 is 0 Å². The molecule has 2 unspecified atom stereocenters. The molecule has 0 aliphatic rings. The minimum absolute atomic E-state index is 0.467. The smallest absolute Gasteiger partial charge is 0.237 e. The molecule has 0 aromatic carbocycles. The molecule has 0 N–H and O–H groups in total. The van der Waals surface area contributed by atoms with E-state index in [1.807, 2.05) is 0 Å². The maximum Gasteiger partial charge on any atom is 0.455 e. The molecule has 0 aromatic rings. The van der Waals surface area contributed by atoms with E-state index in [1.165, 1.54) is 0 Å². The second-order valence-electron chi connectivity index (χ2n) is 1.07. The quantitative estimate of drug-likeness (QED) is 0.535. The first-order valence-corrected chi connectivity index (χ1v) is 12.7. The third kappa shape index (κ3) is 5.78. The van der Waals surface area contributed by atoms with Gasteiger partial charge in [0.25, 0.3) is 6.78 Å². The number of hydrogen-bond acceptors (Lipinski definition) is 3. The average molecular weight is 332 g/mol. The lowest BCUT2D eigenvalue weighted by atomic mass is 13.9. The lowest BCUT2D eigenvalue weighted by Crippen LogP contribution is -1.43. The molecule has 0 aromatic heterocycles. The Kier molecular flexibility index (Phi) is 7.54. The molecule has 66 valence electrons. The van der Waals surface area contributed by atoms with Gasteiger partial charge in [0.15, 0.2) is 11.2 Å². The van der Waals surface area contributed by atoms with Crippen molar-refractivity contribution in [2.45, 2.75) is 0 Å². The Morgan fingerprint density at radius 3 is 2.27 bits per heavy atom.